The summed E-state index contributed by atoms with van der Waals surface area (Å²) in [5.74, 6) is 2.77. The Morgan fingerprint density at radius 2 is 0.786 bits per heavy atom. The number of rotatable bonds is 25. The Morgan fingerprint density at radius 1 is 0.452 bits per heavy atom. The molecule has 238 valence electrons. The van der Waals surface area contributed by atoms with Gasteiger partial charge in [-0.3, -0.25) is 0 Å². The molecule has 0 fully saturated rings. The summed E-state index contributed by atoms with van der Waals surface area (Å²) in [4.78, 5) is 33.6. The van der Waals surface area contributed by atoms with Crippen LogP contribution in [-0.4, -0.2) is 69.2 Å². The van der Waals surface area contributed by atoms with Gasteiger partial charge in [0.25, 0.3) is 0 Å². The Hall–Kier alpha value is -2.08. The van der Waals surface area contributed by atoms with Crippen LogP contribution in [0.4, 0.5) is 23.8 Å². The van der Waals surface area contributed by atoms with Crippen molar-refractivity contribution in [2.45, 2.75) is 129 Å². The second-order valence-corrected chi connectivity index (χ2v) is 12.7. The van der Waals surface area contributed by atoms with E-state index in [0.29, 0.717) is 22.2 Å². The molecular formula is C30H56N10S2. The fraction of sp³-hybridized carbons (Fsp3) is 0.800. The van der Waals surface area contributed by atoms with Crippen LogP contribution in [0.5, 0.6) is 0 Å². The molecule has 0 spiro atoms. The van der Waals surface area contributed by atoms with Gasteiger partial charge in [-0.15, -0.1) is 0 Å². The summed E-state index contributed by atoms with van der Waals surface area (Å²) in [6.07, 6.45) is 13.4. The Kier molecular flexibility index (Phi) is 19.3. The standard InChI is InChI=1S/C30H56N10S2/c1-7-13-19-31-25-33-27(39(21-15-9-3)22-16-10-4)37-29(35-25)41-42-30-36-26(32-20-14-8-2)34-28(38-30)40(23-17-11-5)24-18-12-6/h7-24H2,1-6H3,(H,31,33,35,37)(H,32,34,36,38). The molecule has 2 rings (SSSR count). The smallest absolute Gasteiger partial charge is 0.231 e. The van der Waals surface area contributed by atoms with E-state index in [1.807, 2.05) is 0 Å². The minimum Gasteiger partial charge on any atom is -0.354 e. The predicted octanol–water partition coefficient (Wildman–Crippen LogP) is 8.09. The highest BCUT2D eigenvalue weighted by molar-refractivity contribution is 8.76. The summed E-state index contributed by atoms with van der Waals surface area (Å²) in [7, 11) is 2.98. The van der Waals surface area contributed by atoms with Crippen molar-refractivity contribution in [1.82, 2.24) is 29.9 Å². The lowest BCUT2D eigenvalue weighted by molar-refractivity contribution is 0.655. The lowest BCUT2D eigenvalue weighted by Gasteiger charge is -2.23. The van der Waals surface area contributed by atoms with E-state index < -0.39 is 0 Å². The van der Waals surface area contributed by atoms with E-state index in [1.165, 1.54) is 21.6 Å². The molecule has 0 aromatic carbocycles. The molecule has 2 aromatic heterocycles. The molecule has 0 aliphatic rings. The van der Waals surface area contributed by atoms with Gasteiger partial charge < -0.3 is 20.4 Å². The molecule has 42 heavy (non-hydrogen) atoms. The van der Waals surface area contributed by atoms with Gasteiger partial charge in [0.05, 0.1) is 0 Å². The van der Waals surface area contributed by atoms with E-state index in [4.69, 9.17) is 29.9 Å². The van der Waals surface area contributed by atoms with Gasteiger partial charge in [-0.05, 0) is 60.1 Å². The van der Waals surface area contributed by atoms with E-state index in [2.05, 4.69) is 62.0 Å². The molecule has 0 unspecified atom stereocenters. The van der Waals surface area contributed by atoms with Gasteiger partial charge in [-0.1, -0.05) is 80.1 Å². The van der Waals surface area contributed by atoms with E-state index >= 15 is 0 Å². The van der Waals surface area contributed by atoms with Gasteiger partial charge in [0.1, 0.15) is 0 Å². The van der Waals surface area contributed by atoms with Crippen LogP contribution in [0.2, 0.25) is 0 Å². The zero-order valence-electron chi connectivity index (χ0n) is 27.1. The third-order valence-electron chi connectivity index (χ3n) is 6.72. The Labute approximate surface area is 263 Å². The molecule has 2 N–H and O–H groups in total. The molecule has 0 atom stereocenters. The minimum atomic E-state index is 0.637. The third-order valence-corrected chi connectivity index (χ3v) is 8.61. The molecule has 0 saturated carbocycles. The molecule has 0 aliphatic heterocycles. The van der Waals surface area contributed by atoms with Crippen LogP contribution in [0.15, 0.2) is 10.3 Å². The Bertz CT molecular complexity index is 888. The van der Waals surface area contributed by atoms with Crippen molar-refractivity contribution in [2.75, 3.05) is 59.7 Å². The first-order valence-corrected chi connectivity index (χ1v) is 18.6. The van der Waals surface area contributed by atoms with E-state index in [0.717, 1.165) is 128 Å². The first-order chi connectivity index (χ1) is 20.6. The maximum Gasteiger partial charge on any atom is 0.231 e. The molecule has 10 nitrogen and oxygen atoms in total. The Balaban J connectivity index is 2.36. The van der Waals surface area contributed by atoms with Crippen molar-refractivity contribution in [3.63, 3.8) is 0 Å². The van der Waals surface area contributed by atoms with Gasteiger partial charge in [0.2, 0.25) is 34.1 Å². The first kappa shape index (κ1) is 36.1. The summed E-state index contributed by atoms with van der Waals surface area (Å²) >= 11 is 0. The second-order valence-electron chi connectivity index (χ2n) is 10.6. The number of hydrogen-bond acceptors (Lipinski definition) is 12. The monoisotopic (exact) mass is 620 g/mol. The summed E-state index contributed by atoms with van der Waals surface area (Å²) in [5.41, 5.74) is 0. The summed E-state index contributed by atoms with van der Waals surface area (Å²) in [6, 6.07) is 0. The molecular weight excluding hydrogens is 565 g/mol. The second kappa shape index (κ2) is 22.5. The van der Waals surface area contributed by atoms with Gasteiger partial charge in [-0.2, -0.15) is 29.9 Å². The molecule has 2 heterocycles. The van der Waals surface area contributed by atoms with Crippen molar-refractivity contribution >= 4 is 45.4 Å². The van der Waals surface area contributed by atoms with Gasteiger partial charge in [0.15, 0.2) is 0 Å². The van der Waals surface area contributed by atoms with Crippen LogP contribution in [0.3, 0.4) is 0 Å². The topological polar surface area (TPSA) is 108 Å². The van der Waals surface area contributed by atoms with E-state index in [-0.39, 0.29) is 0 Å². The van der Waals surface area contributed by atoms with Crippen LogP contribution in [0.1, 0.15) is 119 Å². The maximum absolute atomic E-state index is 4.91. The molecule has 12 heteroatoms. The van der Waals surface area contributed by atoms with Gasteiger partial charge in [-0.25, -0.2) is 0 Å². The molecule has 0 saturated heterocycles. The van der Waals surface area contributed by atoms with Crippen molar-refractivity contribution in [2.24, 2.45) is 0 Å². The number of nitrogens with zero attached hydrogens (tertiary/aromatic N) is 8. The van der Waals surface area contributed by atoms with E-state index in [9.17, 15) is 0 Å². The highest BCUT2D eigenvalue weighted by Gasteiger charge is 2.17. The highest BCUT2D eigenvalue weighted by atomic mass is 33.1. The van der Waals surface area contributed by atoms with Crippen LogP contribution in [-0.2, 0) is 0 Å². The lowest BCUT2D eigenvalue weighted by atomic mass is 10.3. The average molecular weight is 621 g/mol. The molecule has 0 amide bonds. The first-order valence-electron chi connectivity index (χ1n) is 16.4. The Morgan fingerprint density at radius 3 is 1.10 bits per heavy atom. The summed E-state index contributed by atoms with van der Waals surface area (Å²) in [5, 5.41) is 8.18. The third kappa shape index (κ3) is 13.9. The molecule has 0 bridgehead atoms. The number of hydrogen-bond donors (Lipinski definition) is 2. The van der Waals surface area contributed by atoms with Crippen LogP contribution in [0.25, 0.3) is 0 Å². The SMILES string of the molecule is CCCCNc1nc(SSc2nc(NCCCC)nc(N(CCCC)CCCC)n2)nc(N(CCCC)CCCC)n1. The number of anilines is 4. The van der Waals surface area contributed by atoms with Crippen molar-refractivity contribution in [3.8, 4) is 0 Å². The lowest BCUT2D eigenvalue weighted by Crippen LogP contribution is -2.28. The van der Waals surface area contributed by atoms with Crippen LogP contribution in [0, 0.1) is 0 Å². The molecule has 0 aliphatic carbocycles. The predicted molar refractivity (Wildman–Crippen MR) is 182 cm³/mol. The molecule has 2 aromatic rings. The van der Waals surface area contributed by atoms with Gasteiger partial charge in [0, 0.05) is 39.3 Å². The van der Waals surface area contributed by atoms with Crippen molar-refractivity contribution in [3.05, 3.63) is 0 Å². The van der Waals surface area contributed by atoms with Crippen molar-refractivity contribution in [1.29, 1.82) is 0 Å². The van der Waals surface area contributed by atoms with Gasteiger partial charge >= 0.3 is 0 Å². The maximum atomic E-state index is 4.91. The van der Waals surface area contributed by atoms with E-state index in [1.54, 1.807) is 0 Å². The zero-order chi connectivity index (χ0) is 30.4. The molecule has 0 radical (unpaired) electrons. The normalized spacial score (nSPS) is 11.1. The largest absolute Gasteiger partial charge is 0.354 e. The van der Waals surface area contributed by atoms with Crippen LogP contribution < -0.4 is 20.4 Å². The van der Waals surface area contributed by atoms with Crippen molar-refractivity contribution < 1.29 is 0 Å². The summed E-state index contributed by atoms with van der Waals surface area (Å²) in [6.45, 7) is 18.7. The minimum absolute atomic E-state index is 0.637. The quantitative estimate of drug-likeness (QED) is 0.0827. The summed E-state index contributed by atoms with van der Waals surface area (Å²) < 4.78 is 0. The number of nitrogens with one attached hydrogen (secondary N) is 2. The highest BCUT2D eigenvalue weighted by Crippen LogP contribution is 2.35. The number of unbranched alkanes of at least 4 members (excludes halogenated alkanes) is 6. The number of aromatic nitrogens is 6. The van der Waals surface area contributed by atoms with Crippen LogP contribution >= 0.6 is 21.6 Å². The fourth-order valence-corrected chi connectivity index (χ4v) is 5.58. The fourth-order valence-electron chi connectivity index (χ4n) is 4.06. The zero-order valence-corrected chi connectivity index (χ0v) is 28.8. The average Bonchev–Trinajstić information content (AvgIpc) is 3.00.